The third-order valence-electron chi connectivity index (χ3n) is 3.92. The van der Waals surface area contributed by atoms with Gasteiger partial charge >= 0.3 is 0 Å². The summed E-state index contributed by atoms with van der Waals surface area (Å²) in [7, 11) is -1.50. The lowest BCUT2D eigenvalue weighted by Gasteiger charge is -2.17. The molecule has 0 fully saturated rings. The second-order valence-corrected chi connectivity index (χ2v) is 8.65. The zero-order valence-corrected chi connectivity index (χ0v) is 15.1. The molecule has 0 unspecified atom stereocenters. The minimum atomic E-state index is -3.27. The number of hydrogen-bond acceptors (Lipinski definition) is 3. The summed E-state index contributed by atoms with van der Waals surface area (Å²) in [5, 5.41) is -0.456. The molecule has 0 saturated carbocycles. The van der Waals surface area contributed by atoms with Crippen LogP contribution in [0, 0.1) is 0 Å². The van der Waals surface area contributed by atoms with Crippen molar-refractivity contribution in [1.82, 2.24) is 4.90 Å². The maximum Gasteiger partial charge on any atom is 0.227 e. The maximum absolute atomic E-state index is 12.3. The summed E-state index contributed by atoms with van der Waals surface area (Å²) in [6.45, 7) is 3.87. The van der Waals surface area contributed by atoms with Crippen LogP contribution in [0.25, 0.3) is 0 Å². The van der Waals surface area contributed by atoms with Gasteiger partial charge in [0, 0.05) is 13.6 Å². The average Bonchev–Trinajstić information content (AvgIpc) is 2.56. The van der Waals surface area contributed by atoms with E-state index in [1.54, 1.807) is 50.1 Å². The summed E-state index contributed by atoms with van der Waals surface area (Å²) in [5.74, 6) is -0.00156. The highest BCUT2D eigenvalue weighted by Crippen LogP contribution is 2.17. The molecule has 0 spiro atoms. The monoisotopic (exact) mass is 345 g/mol. The Morgan fingerprint density at radius 1 is 0.958 bits per heavy atom. The van der Waals surface area contributed by atoms with E-state index in [1.165, 1.54) is 0 Å². The first-order valence-corrected chi connectivity index (χ1v) is 9.46. The fraction of sp³-hybridized carbons (Fsp3) is 0.316. The van der Waals surface area contributed by atoms with Gasteiger partial charge in [-0.25, -0.2) is 8.42 Å². The van der Waals surface area contributed by atoms with Crippen LogP contribution in [0.4, 0.5) is 0 Å². The molecule has 0 aliphatic rings. The van der Waals surface area contributed by atoms with Crippen molar-refractivity contribution in [3.05, 3.63) is 65.7 Å². The van der Waals surface area contributed by atoms with Crippen LogP contribution in [-0.4, -0.2) is 31.5 Å². The van der Waals surface area contributed by atoms with E-state index in [0.29, 0.717) is 11.4 Å². The molecule has 2 aromatic rings. The molecule has 2 rings (SSSR count). The smallest absolute Gasteiger partial charge is 0.227 e. The lowest BCUT2D eigenvalue weighted by molar-refractivity contribution is -0.129. The Hall–Kier alpha value is -2.14. The minimum Gasteiger partial charge on any atom is -0.341 e. The van der Waals surface area contributed by atoms with Crippen molar-refractivity contribution in [2.24, 2.45) is 0 Å². The third-order valence-corrected chi connectivity index (χ3v) is 6.09. The molecule has 0 N–H and O–H groups in total. The van der Waals surface area contributed by atoms with Crippen LogP contribution in [0.3, 0.4) is 0 Å². The summed E-state index contributed by atoms with van der Waals surface area (Å²) in [6, 6.07) is 16.4. The number of likely N-dealkylation sites (N-methyl/N-ethyl adjacent to an activating group) is 1. The van der Waals surface area contributed by atoms with Crippen molar-refractivity contribution in [2.45, 2.75) is 37.0 Å². The van der Waals surface area contributed by atoms with Gasteiger partial charge in [0.15, 0.2) is 9.84 Å². The van der Waals surface area contributed by atoms with Gasteiger partial charge < -0.3 is 4.90 Å². The lowest BCUT2D eigenvalue weighted by Crippen LogP contribution is -2.27. The Kier molecular flexibility index (Phi) is 5.78. The molecule has 0 bridgehead atoms. The number of carbonyl (C=O) groups is 1. The molecule has 4 nitrogen and oxygen atoms in total. The van der Waals surface area contributed by atoms with E-state index < -0.39 is 15.1 Å². The summed E-state index contributed by atoms with van der Waals surface area (Å²) in [4.78, 5) is 14.3. The van der Waals surface area contributed by atoms with Crippen molar-refractivity contribution in [3.8, 4) is 0 Å². The standard InChI is InChI=1S/C19H23NO3S/c1-15(2)24(22,23)18-11-9-16(10-12-18)13-19(21)20(3)14-17-7-5-4-6-8-17/h4-12,15H,13-14H2,1-3H3. The molecule has 0 heterocycles. The summed E-state index contributed by atoms with van der Waals surface area (Å²) < 4.78 is 24.2. The summed E-state index contributed by atoms with van der Waals surface area (Å²) in [5.41, 5.74) is 1.88. The van der Waals surface area contributed by atoms with Crippen molar-refractivity contribution >= 4 is 15.7 Å². The fourth-order valence-electron chi connectivity index (χ4n) is 2.32. The molecule has 24 heavy (non-hydrogen) atoms. The van der Waals surface area contributed by atoms with E-state index in [2.05, 4.69) is 0 Å². The minimum absolute atomic E-state index is 0.00156. The maximum atomic E-state index is 12.3. The molecule has 2 aromatic carbocycles. The van der Waals surface area contributed by atoms with E-state index in [0.717, 1.165) is 11.1 Å². The van der Waals surface area contributed by atoms with Crippen molar-refractivity contribution in [1.29, 1.82) is 0 Å². The van der Waals surface area contributed by atoms with Gasteiger partial charge in [0.1, 0.15) is 0 Å². The van der Waals surface area contributed by atoms with Crippen LogP contribution < -0.4 is 0 Å². The molecule has 1 amide bonds. The van der Waals surface area contributed by atoms with E-state index in [-0.39, 0.29) is 12.3 Å². The van der Waals surface area contributed by atoms with Gasteiger partial charge in [-0.15, -0.1) is 0 Å². The molecule has 0 saturated heterocycles. The Morgan fingerprint density at radius 3 is 2.08 bits per heavy atom. The first-order valence-electron chi connectivity index (χ1n) is 7.91. The van der Waals surface area contributed by atoms with Gasteiger partial charge in [0.05, 0.1) is 16.6 Å². The first kappa shape index (κ1) is 18.2. The van der Waals surface area contributed by atoms with Crippen molar-refractivity contribution in [2.75, 3.05) is 7.05 Å². The zero-order valence-electron chi connectivity index (χ0n) is 14.3. The Balaban J connectivity index is 2.02. The summed E-state index contributed by atoms with van der Waals surface area (Å²) >= 11 is 0. The first-order chi connectivity index (χ1) is 11.3. The molecular weight excluding hydrogens is 322 g/mol. The molecular formula is C19H23NO3S. The van der Waals surface area contributed by atoms with Gasteiger partial charge in [-0.05, 0) is 37.1 Å². The van der Waals surface area contributed by atoms with E-state index >= 15 is 0 Å². The highest BCUT2D eigenvalue weighted by molar-refractivity contribution is 7.92. The SMILES string of the molecule is CC(C)S(=O)(=O)c1ccc(CC(=O)N(C)Cc2ccccc2)cc1. The van der Waals surface area contributed by atoms with Crippen molar-refractivity contribution in [3.63, 3.8) is 0 Å². The largest absolute Gasteiger partial charge is 0.341 e. The highest BCUT2D eigenvalue weighted by Gasteiger charge is 2.19. The van der Waals surface area contributed by atoms with Crippen LogP contribution in [0.5, 0.6) is 0 Å². The van der Waals surface area contributed by atoms with Crippen LogP contribution in [0.2, 0.25) is 0 Å². The van der Waals surface area contributed by atoms with Crippen LogP contribution in [0.1, 0.15) is 25.0 Å². The van der Waals surface area contributed by atoms with Crippen LogP contribution in [0.15, 0.2) is 59.5 Å². The lowest BCUT2D eigenvalue weighted by atomic mass is 10.1. The fourth-order valence-corrected chi connectivity index (χ4v) is 3.38. The second-order valence-electron chi connectivity index (χ2n) is 6.15. The molecule has 0 radical (unpaired) electrons. The molecule has 0 aliphatic carbocycles. The molecule has 0 atom stereocenters. The van der Waals surface area contributed by atoms with Crippen molar-refractivity contribution < 1.29 is 13.2 Å². The second kappa shape index (κ2) is 7.62. The number of sulfone groups is 1. The molecule has 128 valence electrons. The molecule has 5 heteroatoms. The van der Waals surface area contributed by atoms with Crippen LogP contribution in [-0.2, 0) is 27.6 Å². The molecule has 0 aliphatic heterocycles. The van der Waals surface area contributed by atoms with E-state index in [4.69, 9.17) is 0 Å². The normalized spacial score (nSPS) is 11.5. The van der Waals surface area contributed by atoms with Gasteiger partial charge in [-0.1, -0.05) is 42.5 Å². The quantitative estimate of drug-likeness (QED) is 0.808. The number of amides is 1. The number of nitrogens with zero attached hydrogens (tertiary/aromatic N) is 1. The number of hydrogen-bond donors (Lipinski definition) is 0. The van der Waals surface area contributed by atoms with Gasteiger partial charge in [-0.2, -0.15) is 0 Å². The van der Waals surface area contributed by atoms with Gasteiger partial charge in [0.2, 0.25) is 5.91 Å². The average molecular weight is 345 g/mol. The molecule has 0 aromatic heterocycles. The topological polar surface area (TPSA) is 54.5 Å². The Bertz CT molecular complexity index is 781. The number of carbonyl (C=O) groups excluding carboxylic acids is 1. The van der Waals surface area contributed by atoms with Crippen LogP contribution >= 0.6 is 0 Å². The predicted octanol–water partition coefficient (Wildman–Crippen LogP) is 3.07. The number of rotatable bonds is 6. The summed E-state index contributed by atoms with van der Waals surface area (Å²) in [6.07, 6.45) is 0.255. The highest BCUT2D eigenvalue weighted by atomic mass is 32.2. The van der Waals surface area contributed by atoms with Gasteiger partial charge in [0.25, 0.3) is 0 Å². The van der Waals surface area contributed by atoms with Gasteiger partial charge in [-0.3, -0.25) is 4.79 Å². The zero-order chi connectivity index (χ0) is 17.7. The van der Waals surface area contributed by atoms with E-state index in [9.17, 15) is 13.2 Å². The predicted molar refractivity (Wildman–Crippen MR) is 95.4 cm³/mol. The Morgan fingerprint density at radius 2 is 1.54 bits per heavy atom. The Labute approximate surface area is 144 Å². The number of benzene rings is 2. The third kappa shape index (κ3) is 4.45. The van der Waals surface area contributed by atoms with E-state index in [1.807, 2.05) is 30.3 Å².